The van der Waals surface area contributed by atoms with E-state index in [0.717, 1.165) is 0 Å². The van der Waals surface area contributed by atoms with Crippen molar-refractivity contribution in [3.05, 3.63) is 34.6 Å². The Morgan fingerprint density at radius 2 is 2.24 bits per heavy atom. The predicted molar refractivity (Wildman–Crippen MR) is 62.9 cm³/mol. The number of nitrogens with one attached hydrogen (secondary N) is 1. The van der Waals surface area contributed by atoms with E-state index in [2.05, 4.69) is 20.8 Å². The van der Waals surface area contributed by atoms with Crippen LogP contribution >= 0.6 is 23.2 Å². The van der Waals surface area contributed by atoms with Gasteiger partial charge in [0.2, 0.25) is 5.91 Å². The summed E-state index contributed by atoms with van der Waals surface area (Å²) in [4.78, 5) is 11.6. The molecule has 0 spiro atoms. The first-order valence-electron chi connectivity index (χ1n) is 4.61. The molecule has 1 aromatic heterocycles. The highest BCUT2D eigenvalue weighted by Gasteiger charge is 2.09. The molecule has 0 bridgehead atoms. The van der Waals surface area contributed by atoms with Crippen molar-refractivity contribution < 1.29 is 4.79 Å². The largest absolute Gasteiger partial charge is 0.323 e. The average Bonchev–Trinajstić information content (AvgIpc) is 2.77. The van der Waals surface area contributed by atoms with E-state index in [1.807, 2.05) is 0 Å². The van der Waals surface area contributed by atoms with Crippen LogP contribution < -0.4 is 5.32 Å². The molecule has 2 aromatic rings. The fraction of sp³-hybridized carbons (Fsp3) is 0.111. The number of nitrogens with zero attached hydrogens (tertiary/aromatic N) is 4. The van der Waals surface area contributed by atoms with Gasteiger partial charge in [-0.15, -0.1) is 5.10 Å². The molecule has 17 heavy (non-hydrogen) atoms. The lowest BCUT2D eigenvalue weighted by Gasteiger charge is -2.07. The summed E-state index contributed by atoms with van der Waals surface area (Å²) in [6, 6.07) is 4.99. The van der Waals surface area contributed by atoms with Crippen LogP contribution in [0.1, 0.15) is 0 Å². The highest BCUT2D eigenvalue weighted by atomic mass is 35.5. The van der Waals surface area contributed by atoms with Gasteiger partial charge in [-0.25, -0.2) is 4.68 Å². The average molecular weight is 272 g/mol. The SMILES string of the molecule is O=C(Cn1cnnn1)Nc1cccc(Cl)c1Cl. The Morgan fingerprint density at radius 1 is 1.41 bits per heavy atom. The standard InChI is InChI=1S/C9H7Cl2N5O/c10-6-2-1-3-7(9(6)11)13-8(17)4-16-5-12-14-15-16/h1-3,5H,4H2,(H,13,17). The number of carbonyl (C=O) groups excluding carboxylic acids is 1. The molecule has 0 fully saturated rings. The van der Waals surface area contributed by atoms with Gasteiger partial charge in [0.05, 0.1) is 15.7 Å². The Hall–Kier alpha value is -1.66. The van der Waals surface area contributed by atoms with E-state index < -0.39 is 0 Å². The second-order valence-electron chi connectivity index (χ2n) is 3.16. The van der Waals surface area contributed by atoms with E-state index in [-0.39, 0.29) is 12.5 Å². The van der Waals surface area contributed by atoms with Gasteiger partial charge in [-0.1, -0.05) is 29.3 Å². The Bertz CT molecular complexity index is 528. The van der Waals surface area contributed by atoms with Gasteiger partial charge in [-0.2, -0.15) is 0 Å². The van der Waals surface area contributed by atoms with Crippen LogP contribution in [-0.4, -0.2) is 26.1 Å². The van der Waals surface area contributed by atoms with Crippen LogP contribution in [-0.2, 0) is 11.3 Å². The molecule has 2 rings (SSSR count). The second-order valence-corrected chi connectivity index (χ2v) is 3.94. The van der Waals surface area contributed by atoms with Crippen LogP contribution in [0.15, 0.2) is 24.5 Å². The molecule has 88 valence electrons. The highest BCUT2D eigenvalue weighted by molar-refractivity contribution is 6.43. The number of benzene rings is 1. The zero-order valence-corrected chi connectivity index (χ0v) is 9.98. The molecule has 0 aliphatic heterocycles. The molecule has 8 heteroatoms. The van der Waals surface area contributed by atoms with Gasteiger partial charge in [0.15, 0.2) is 0 Å². The molecule has 0 saturated heterocycles. The van der Waals surface area contributed by atoms with Crippen LogP contribution in [0.25, 0.3) is 0 Å². The van der Waals surface area contributed by atoms with E-state index in [4.69, 9.17) is 23.2 Å². The maximum atomic E-state index is 11.6. The van der Waals surface area contributed by atoms with Crippen molar-refractivity contribution in [1.82, 2.24) is 20.2 Å². The smallest absolute Gasteiger partial charge is 0.246 e. The van der Waals surface area contributed by atoms with E-state index in [1.165, 1.54) is 11.0 Å². The van der Waals surface area contributed by atoms with Crippen LogP contribution in [0.4, 0.5) is 5.69 Å². The van der Waals surface area contributed by atoms with Gasteiger partial charge >= 0.3 is 0 Å². The fourth-order valence-electron chi connectivity index (χ4n) is 1.19. The Morgan fingerprint density at radius 3 is 2.94 bits per heavy atom. The van der Waals surface area contributed by atoms with Crippen LogP contribution in [0.5, 0.6) is 0 Å². The van der Waals surface area contributed by atoms with Gasteiger partial charge in [-0.3, -0.25) is 4.79 Å². The maximum Gasteiger partial charge on any atom is 0.246 e. The summed E-state index contributed by atoms with van der Waals surface area (Å²) in [5.41, 5.74) is 0.456. The summed E-state index contributed by atoms with van der Waals surface area (Å²) in [5.74, 6) is -0.290. The predicted octanol–water partition coefficient (Wildman–Crippen LogP) is 1.62. The molecular formula is C9H7Cl2N5O. The van der Waals surface area contributed by atoms with E-state index in [1.54, 1.807) is 18.2 Å². The topological polar surface area (TPSA) is 72.7 Å². The zero-order chi connectivity index (χ0) is 12.3. The lowest BCUT2D eigenvalue weighted by Crippen LogP contribution is -2.19. The molecule has 1 N–H and O–H groups in total. The fourth-order valence-corrected chi connectivity index (χ4v) is 1.54. The number of tetrazole rings is 1. The summed E-state index contributed by atoms with van der Waals surface area (Å²) in [7, 11) is 0. The lowest BCUT2D eigenvalue weighted by atomic mass is 10.3. The number of amides is 1. The van der Waals surface area contributed by atoms with Gasteiger partial charge in [0, 0.05) is 0 Å². The molecule has 0 unspecified atom stereocenters. The van der Waals surface area contributed by atoms with Crippen molar-refractivity contribution >= 4 is 34.8 Å². The Kier molecular flexibility index (Phi) is 3.55. The van der Waals surface area contributed by atoms with E-state index in [9.17, 15) is 4.79 Å². The third-order valence-corrected chi connectivity index (χ3v) is 2.74. The minimum Gasteiger partial charge on any atom is -0.323 e. The molecule has 0 aliphatic carbocycles. The molecule has 0 radical (unpaired) electrons. The molecule has 0 saturated carbocycles. The van der Waals surface area contributed by atoms with Crippen molar-refractivity contribution in [2.75, 3.05) is 5.32 Å². The Labute approximate surface area is 107 Å². The van der Waals surface area contributed by atoms with E-state index >= 15 is 0 Å². The lowest BCUT2D eigenvalue weighted by molar-refractivity contribution is -0.116. The van der Waals surface area contributed by atoms with Crippen molar-refractivity contribution in [3.63, 3.8) is 0 Å². The molecule has 0 atom stereocenters. The van der Waals surface area contributed by atoms with Crippen molar-refractivity contribution in [3.8, 4) is 0 Å². The Balaban J connectivity index is 2.06. The molecule has 1 amide bonds. The molecular weight excluding hydrogens is 265 g/mol. The van der Waals surface area contributed by atoms with Gasteiger partial charge in [0.25, 0.3) is 0 Å². The summed E-state index contributed by atoms with van der Waals surface area (Å²) >= 11 is 11.7. The normalized spacial score (nSPS) is 10.2. The number of anilines is 1. The first kappa shape index (κ1) is 11.8. The van der Waals surface area contributed by atoms with Crippen LogP contribution in [0, 0.1) is 0 Å². The van der Waals surface area contributed by atoms with Gasteiger partial charge in [-0.05, 0) is 22.6 Å². The van der Waals surface area contributed by atoms with Crippen molar-refractivity contribution in [1.29, 1.82) is 0 Å². The van der Waals surface area contributed by atoms with Gasteiger partial charge in [0.1, 0.15) is 12.9 Å². The zero-order valence-electron chi connectivity index (χ0n) is 8.47. The summed E-state index contributed by atoms with van der Waals surface area (Å²) in [6.07, 6.45) is 1.35. The molecule has 6 nitrogen and oxygen atoms in total. The van der Waals surface area contributed by atoms with E-state index in [0.29, 0.717) is 15.7 Å². The summed E-state index contributed by atoms with van der Waals surface area (Å²) in [5, 5.41) is 13.7. The number of rotatable bonds is 3. The number of halogens is 2. The third kappa shape index (κ3) is 2.92. The highest BCUT2D eigenvalue weighted by Crippen LogP contribution is 2.29. The number of aromatic nitrogens is 4. The number of carbonyl (C=O) groups is 1. The monoisotopic (exact) mass is 271 g/mol. The first-order valence-corrected chi connectivity index (χ1v) is 5.37. The second kappa shape index (κ2) is 5.11. The van der Waals surface area contributed by atoms with Crippen LogP contribution in [0.3, 0.4) is 0 Å². The number of hydrogen-bond acceptors (Lipinski definition) is 4. The summed E-state index contributed by atoms with van der Waals surface area (Å²) in [6.45, 7) is 0.00976. The quantitative estimate of drug-likeness (QED) is 0.921. The first-order chi connectivity index (χ1) is 8.16. The van der Waals surface area contributed by atoms with Crippen molar-refractivity contribution in [2.24, 2.45) is 0 Å². The molecule has 1 heterocycles. The molecule has 0 aliphatic rings. The minimum absolute atomic E-state index is 0.00976. The minimum atomic E-state index is -0.290. The van der Waals surface area contributed by atoms with Gasteiger partial charge < -0.3 is 5.32 Å². The summed E-state index contributed by atoms with van der Waals surface area (Å²) < 4.78 is 1.30. The maximum absolute atomic E-state index is 11.6. The number of hydrogen-bond donors (Lipinski definition) is 1. The third-order valence-electron chi connectivity index (χ3n) is 1.92. The van der Waals surface area contributed by atoms with Crippen LogP contribution in [0.2, 0.25) is 10.0 Å². The van der Waals surface area contributed by atoms with Crippen molar-refractivity contribution in [2.45, 2.75) is 6.54 Å². The molecule has 1 aromatic carbocycles.